The Morgan fingerprint density at radius 1 is 1.45 bits per heavy atom. The van der Waals surface area contributed by atoms with Crippen LogP contribution in [-0.4, -0.2) is 25.8 Å². The number of carbonyl (C=O) groups is 1. The van der Waals surface area contributed by atoms with E-state index in [4.69, 9.17) is 0 Å². The van der Waals surface area contributed by atoms with Gasteiger partial charge in [-0.2, -0.15) is 5.10 Å². The van der Waals surface area contributed by atoms with Crippen molar-refractivity contribution in [3.8, 4) is 0 Å². The second-order valence-electron chi connectivity index (χ2n) is 5.90. The zero-order valence-electron chi connectivity index (χ0n) is 12.5. The molecule has 1 saturated carbocycles. The number of aryl methyl sites for hydroxylation is 1. The van der Waals surface area contributed by atoms with Gasteiger partial charge in [0.1, 0.15) is 12.2 Å². The summed E-state index contributed by atoms with van der Waals surface area (Å²) in [4.78, 5) is 15.8. The van der Waals surface area contributed by atoms with E-state index in [2.05, 4.69) is 23.9 Å². The Morgan fingerprint density at radius 2 is 2.25 bits per heavy atom. The molecule has 1 heterocycles. The molecule has 1 aromatic heterocycles. The summed E-state index contributed by atoms with van der Waals surface area (Å²) in [5, 5.41) is 13.7. The molecule has 3 atom stereocenters. The number of rotatable bonds is 6. The molecule has 20 heavy (non-hydrogen) atoms. The van der Waals surface area contributed by atoms with E-state index in [1.807, 2.05) is 4.68 Å². The van der Waals surface area contributed by atoms with Gasteiger partial charge in [-0.05, 0) is 37.5 Å². The number of carboxylic acid groups (broad SMARTS) is 1. The lowest BCUT2D eigenvalue weighted by Crippen LogP contribution is -2.32. The molecule has 0 aromatic carbocycles. The van der Waals surface area contributed by atoms with Gasteiger partial charge in [0.25, 0.3) is 0 Å². The van der Waals surface area contributed by atoms with Crippen LogP contribution in [0.25, 0.3) is 0 Å². The molecule has 0 spiro atoms. The molecule has 112 valence electrons. The third kappa shape index (κ3) is 3.38. The first-order chi connectivity index (χ1) is 9.65. The summed E-state index contributed by atoms with van der Waals surface area (Å²) in [5.74, 6) is 0.944. The molecular formula is C15H25N3O2. The Morgan fingerprint density at radius 3 is 2.90 bits per heavy atom. The van der Waals surface area contributed by atoms with E-state index in [1.165, 1.54) is 0 Å². The first-order valence-electron chi connectivity index (χ1n) is 7.75. The number of aliphatic carboxylic acids is 1. The van der Waals surface area contributed by atoms with Gasteiger partial charge in [0.15, 0.2) is 0 Å². The van der Waals surface area contributed by atoms with Gasteiger partial charge in [-0.1, -0.05) is 20.3 Å². The minimum atomic E-state index is -0.647. The Kier molecular flexibility index (Phi) is 5.15. The number of aromatic nitrogens is 3. The quantitative estimate of drug-likeness (QED) is 0.869. The van der Waals surface area contributed by atoms with Crippen molar-refractivity contribution >= 4 is 5.97 Å². The van der Waals surface area contributed by atoms with Crippen molar-refractivity contribution in [2.24, 2.45) is 17.8 Å². The normalized spacial score (nSPS) is 26.6. The van der Waals surface area contributed by atoms with Crippen LogP contribution >= 0.6 is 0 Å². The van der Waals surface area contributed by atoms with Crippen LogP contribution in [0.15, 0.2) is 6.33 Å². The van der Waals surface area contributed by atoms with E-state index < -0.39 is 5.97 Å². The Balaban J connectivity index is 2.10. The summed E-state index contributed by atoms with van der Waals surface area (Å²) in [5.41, 5.74) is 0. The number of hydrogen-bond acceptors (Lipinski definition) is 3. The summed E-state index contributed by atoms with van der Waals surface area (Å²) in [7, 11) is 0. The lowest BCUT2D eigenvalue weighted by molar-refractivity contribution is -0.145. The van der Waals surface area contributed by atoms with E-state index in [0.29, 0.717) is 5.92 Å². The molecule has 3 unspecified atom stereocenters. The molecule has 1 aliphatic rings. The molecule has 0 radical (unpaired) electrons. The predicted octanol–water partition coefficient (Wildman–Crippen LogP) is 2.76. The highest BCUT2D eigenvalue weighted by Crippen LogP contribution is 2.37. The Hall–Kier alpha value is -1.39. The summed E-state index contributed by atoms with van der Waals surface area (Å²) in [6, 6.07) is 0. The largest absolute Gasteiger partial charge is 0.481 e. The van der Waals surface area contributed by atoms with Crippen LogP contribution in [-0.2, 0) is 17.8 Å². The van der Waals surface area contributed by atoms with Crippen molar-refractivity contribution in [2.75, 3.05) is 0 Å². The molecular weight excluding hydrogens is 254 g/mol. The minimum Gasteiger partial charge on any atom is -0.481 e. The first-order valence-corrected chi connectivity index (χ1v) is 7.75. The molecule has 0 saturated heterocycles. The van der Waals surface area contributed by atoms with Gasteiger partial charge in [0.05, 0.1) is 5.92 Å². The summed E-state index contributed by atoms with van der Waals surface area (Å²) in [6.45, 7) is 5.17. The molecule has 1 aromatic rings. The van der Waals surface area contributed by atoms with Gasteiger partial charge in [-0.25, -0.2) is 4.98 Å². The van der Waals surface area contributed by atoms with Crippen molar-refractivity contribution in [1.29, 1.82) is 0 Å². The maximum atomic E-state index is 11.5. The van der Waals surface area contributed by atoms with E-state index in [9.17, 15) is 9.90 Å². The van der Waals surface area contributed by atoms with Crippen molar-refractivity contribution in [3.63, 3.8) is 0 Å². The molecule has 1 fully saturated rings. The third-order valence-corrected chi connectivity index (χ3v) is 4.56. The van der Waals surface area contributed by atoms with Crippen LogP contribution in [0.4, 0.5) is 0 Å². The van der Waals surface area contributed by atoms with Gasteiger partial charge >= 0.3 is 5.97 Å². The molecule has 0 amide bonds. The van der Waals surface area contributed by atoms with E-state index >= 15 is 0 Å². The fourth-order valence-electron chi connectivity index (χ4n) is 3.36. The van der Waals surface area contributed by atoms with Gasteiger partial charge < -0.3 is 5.11 Å². The number of nitrogens with zero attached hydrogens (tertiary/aromatic N) is 3. The van der Waals surface area contributed by atoms with E-state index in [0.717, 1.165) is 50.9 Å². The second-order valence-corrected chi connectivity index (χ2v) is 5.90. The molecule has 2 rings (SSSR count). The highest BCUT2D eigenvalue weighted by atomic mass is 16.4. The van der Waals surface area contributed by atoms with Crippen LogP contribution < -0.4 is 0 Å². The first kappa shape index (κ1) is 15.0. The Labute approximate surface area is 120 Å². The van der Waals surface area contributed by atoms with Crippen LogP contribution in [0.3, 0.4) is 0 Å². The molecule has 5 nitrogen and oxygen atoms in total. The third-order valence-electron chi connectivity index (χ3n) is 4.56. The monoisotopic (exact) mass is 279 g/mol. The summed E-state index contributed by atoms with van der Waals surface area (Å²) < 4.78 is 1.93. The van der Waals surface area contributed by atoms with Crippen molar-refractivity contribution in [1.82, 2.24) is 14.8 Å². The van der Waals surface area contributed by atoms with E-state index in [1.54, 1.807) is 6.33 Å². The summed E-state index contributed by atoms with van der Waals surface area (Å²) >= 11 is 0. The van der Waals surface area contributed by atoms with Gasteiger partial charge in [-0.15, -0.1) is 0 Å². The zero-order valence-corrected chi connectivity index (χ0v) is 12.5. The van der Waals surface area contributed by atoms with Gasteiger partial charge in [0.2, 0.25) is 0 Å². The molecule has 0 bridgehead atoms. The van der Waals surface area contributed by atoms with Crippen LogP contribution in [0.1, 0.15) is 51.8 Å². The average molecular weight is 279 g/mol. The maximum absolute atomic E-state index is 11.5. The molecule has 1 aliphatic carbocycles. The zero-order chi connectivity index (χ0) is 14.5. The van der Waals surface area contributed by atoms with Crippen LogP contribution in [0.2, 0.25) is 0 Å². The second kappa shape index (κ2) is 6.86. The van der Waals surface area contributed by atoms with Crippen molar-refractivity contribution < 1.29 is 9.90 Å². The molecule has 5 heteroatoms. The van der Waals surface area contributed by atoms with E-state index in [-0.39, 0.29) is 11.8 Å². The van der Waals surface area contributed by atoms with Gasteiger partial charge in [0, 0.05) is 13.0 Å². The number of carboxylic acids is 1. The van der Waals surface area contributed by atoms with Crippen molar-refractivity contribution in [2.45, 2.75) is 58.9 Å². The SMILES string of the molecule is CCCn1ncnc1CC1CC(CC)CCC1C(=O)O. The maximum Gasteiger partial charge on any atom is 0.306 e. The topological polar surface area (TPSA) is 68.0 Å². The summed E-state index contributed by atoms with van der Waals surface area (Å²) in [6.07, 6.45) is 7.35. The lowest BCUT2D eigenvalue weighted by atomic mass is 9.72. The average Bonchev–Trinajstić information content (AvgIpc) is 2.86. The number of hydrogen-bond donors (Lipinski definition) is 1. The fraction of sp³-hybridized carbons (Fsp3) is 0.800. The molecule has 0 aliphatic heterocycles. The van der Waals surface area contributed by atoms with Crippen LogP contribution in [0, 0.1) is 17.8 Å². The highest BCUT2D eigenvalue weighted by Gasteiger charge is 2.35. The standard InChI is InChI=1S/C15H25N3O2/c1-3-7-18-14(16-10-17-18)9-12-8-11(4-2)5-6-13(12)15(19)20/h10-13H,3-9H2,1-2H3,(H,19,20). The Bertz CT molecular complexity index is 444. The fourth-order valence-corrected chi connectivity index (χ4v) is 3.36. The predicted molar refractivity (Wildman–Crippen MR) is 76.3 cm³/mol. The van der Waals surface area contributed by atoms with Crippen molar-refractivity contribution in [3.05, 3.63) is 12.2 Å². The smallest absolute Gasteiger partial charge is 0.306 e. The van der Waals surface area contributed by atoms with Crippen LogP contribution in [0.5, 0.6) is 0 Å². The molecule has 1 N–H and O–H groups in total. The minimum absolute atomic E-state index is 0.200. The lowest BCUT2D eigenvalue weighted by Gasteiger charge is -2.33. The van der Waals surface area contributed by atoms with Gasteiger partial charge in [-0.3, -0.25) is 9.48 Å². The highest BCUT2D eigenvalue weighted by molar-refractivity contribution is 5.70.